The summed E-state index contributed by atoms with van der Waals surface area (Å²) in [5, 5.41) is 43.2. The zero-order valence-corrected chi connectivity index (χ0v) is 33.4. The molecule has 6 nitrogen and oxygen atoms in total. The van der Waals surface area contributed by atoms with Gasteiger partial charge in [-0.2, -0.15) is 0 Å². The van der Waals surface area contributed by atoms with Gasteiger partial charge in [-0.25, -0.2) is 0 Å². The predicted molar refractivity (Wildman–Crippen MR) is 215 cm³/mol. The summed E-state index contributed by atoms with van der Waals surface area (Å²) in [6.07, 6.45) is 43.1. The SMILES string of the molecule is CCC/C=C/CCCC(O)C(O)C(CO)NC(=O)C(O)CCCCCCCCCCCCCCCCCCCCCCCCCCCCCC. The average Bonchev–Trinajstić information content (AvgIpc) is 3.12. The number of aliphatic hydroxyl groups excluding tert-OH is 4. The number of unbranched alkanes of at least 4 members (excludes halogenated alkanes) is 29. The molecule has 0 heterocycles. The van der Waals surface area contributed by atoms with Crippen molar-refractivity contribution in [1.29, 1.82) is 0 Å². The van der Waals surface area contributed by atoms with Crippen LogP contribution in [0, 0.1) is 0 Å². The van der Waals surface area contributed by atoms with E-state index in [1.54, 1.807) is 0 Å². The summed E-state index contributed by atoms with van der Waals surface area (Å²) < 4.78 is 0. The zero-order chi connectivity index (χ0) is 36.8. The van der Waals surface area contributed by atoms with Gasteiger partial charge in [-0.3, -0.25) is 4.79 Å². The van der Waals surface area contributed by atoms with Gasteiger partial charge in [0.15, 0.2) is 0 Å². The first kappa shape index (κ1) is 49.0. The fourth-order valence-electron chi connectivity index (χ4n) is 6.94. The third-order valence-electron chi connectivity index (χ3n) is 10.5. The van der Waals surface area contributed by atoms with Gasteiger partial charge in [-0.05, 0) is 32.1 Å². The van der Waals surface area contributed by atoms with E-state index in [4.69, 9.17) is 0 Å². The van der Waals surface area contributed by atoms with Crippen molar-refractivity contribution in [2.45, 2.75) is 257 Å². The minimum absolute atomic E-state index is 0.367. The van der Waals surface area contributed by atoms with E-state index in [0.717, 1.165) is 38.5 Å². The van der Waals surface area contributed by atoms with Crippen molar-refractivity contribution >= 4 is 5.91 Å². The molecule has 4 unspecified atom stereocenters. The molecule has 0 aliphatic rings. The molecule has 1 amide bonds. The first-order valence-corrected chi connectivity index (χ1v) is 22.1. The van der Waals surface area contributed by atoms with Crippen molar-refractivity contribution in [2.24, 2.45) is 0 Å². The van der Waals surface area contributed by atoms with E-state index < -0.39 is 36.9 Å². The summed E-state index contributed by atoms with van der Waals surface area (Å²) in [4.78, 5) is 12.4. The van der Waals surface area contributed by atoms with E-state index in [9.17, 15) is 25.2 Å². The molecule has 0 saturated carbocycles. The van der Waals surface area contributed by atoms with Crippen LogP contribution >= 0.6 is 0 Å². The minimum atomic E-state index is -1.27. The third-order valence-corrected chi connectivity index (χ3v) is 10.5. The lowest BCUT2D eigenvalue weighted by molar-refractivity contribution is -0.132. The maximum atomic E-state index is 12.4. The quantitative estimate of drug-likeness (QED) is 0.0321. The maximum absolute atomic E-state index is 12.4. The first-order valence-electron chi connectivity index (χ1n) is 22.1. The van der Waals surface area contributed by atoms with E-state index in [-0.39, 0.29) is 0 Å². The normalized spacial score (nSPS) is 14.3. The Bertz CT molecular complexity index is 717. The second-order valence-electron chi connectivity index (χ2n) is 15.4. The Morgan fingerprint density at radius 3 is 1.20 bits per heavy atom. The van der Waals surface area contributed by atoms with Crippen molar-refractivity contribution < 1.29 is 25.2 Å². The van der Waals surface area contributed by atoms with E-state index in [1.165, 1.54) is 161 Å². The average molecular weight is 710 g/mol. The van der Waals surface area contributed by atoms with Crippen molar-refractivity contribution in [3.8, 4) is 0 Å². The maximum Gasteiger partial charge on any atom is 0.249 e. The highest BCUT2D eigenvalue weighted by Crippen LogP contribution is 2.17. The van der Waals surface area contributed by atoms with Crippen LogP contribution in [0.4, 0.5) is 0 Å². The Morgan fingerprint density at radius 2 is 0.840 bits per heavy atom. The van der Waals surface area contributed by atoms with E-state index in [1.807, 2.05) is 0 Å². The Balaban J connectivity index is 3.50. The van der Waals surface area contributed by atoms with Gasteiger partial charge >= 0.3 is 0 Å². The molecule has 0 aliphatic carbocycles. The van der Waals surface area contributed by atoms with Gasteiger partial charge in [0.1, 0.15) is 12.2 Å². The first-order chi connectivity index (χ1) is 24.5. The molecule has 0 aliphatic heterocycles. The molecule has 6 heteroatoms. The highest BCUT2D eigenvalue weighted by atomic mass is 16.3. The molecule has 0 aromatic rings. The molecule has 0 bridgehead atoms. The van der Waals surface area contributed by atoms with Crippen LogP contribution in [0.1, 0.15) is 232 Å². The van der Waals surface area contributed by atoms with Crippen molar-refractivity contribution in [1.82, 2.24) is 5.32 Å². The van der Waals surface area contributed by atoms with Crippen molar-refractivity contribution in [2.75, 3.05) is 6.61 Å². The summed E-state index contributed by atoms with van der Waals surface area (Å²) in [5.41, 5.74) is 0. The fourth-order valence-corrected chi connectivity index (χ4v) is 6.94. The van der Waals surface area contributed by atoms with Gasteiger partial charge in [0.25, 0.3) is 0 Å². The van der Waals surface area contributed by atoms with Crippen molar-refractivity contribution in [3.05, 3.63) is 12.2 Å². The van der Waals surface area contributed by atoms with Crippen LogP contribution in [0.2, 0.25) is 0 Å². The van der Waals surface area contributed by atoms with E-state index >= 15 is 0 Å². The number of carbonyl (C=O) groups is 1. The predicted octanol–water partition coefficient (Wildman–Crippen LogP) is 11.4. The lowest BCUT2D eigenvalue weighted by Crippen LogP contribution is -2.53. The highest BCUT2D eigenvalue weighted by molar-refractivity contribution is 5.80. The van der Waals surface area contributed by atoms with Crippen LogP contribution in [-0.4, -0.2) is 57.3 Å². The molecule has 0 spiro atoms. The van der Waals surface area contributed by atoms with Crippen molar-refractivity contribution in [3.63, 3.8) is 0 Å². The fraction of sp³-hybridized carbons (Fsp3) is 0.932. The monoisotopic (exact) mass is 710 g/mol. The molecule has 5 N–H and O–H groups in total. The van der Waals surface area contributed by atoms with Crippen LogP contribution in [0.15, 0.2) is 12.2 Å². The van der Waals surface area contributed by atoms with Gasteiger partial charge in [0, 0.05) is 0 Å². The molecular formula is C44H87NO5. The number of hydrogen-bond acceptors (Lipinski definition) is 5. The topological polar surface area (TPSA) is 110 Å². The second-order valence-corrected chi connectivity index (χ2v) is 15.4. The number of allylic oxidation sites excluding steroid dienone is 2. The second kappa shape index (κ2) is 39.3. The van der Waals surface area contributed by atoms with Crippen LogP contribution < -0.4 is 5.32 Å². The smallest absolute Gasteiger partial charge is 0.249 e. The zero-order valence-electron chi connectivity index (χ0n) is 33.4. The van der Waals surface area contributed by atoms with Gasteiger partial charge in [-0.1, -0.05) is 212 Å². The molecule has 0 radical (unpaired) electrons. The van der Waals surface area contributed by atoms with Crippen LogP contribution in [-0.2, 0) is 4.79 Å². The Morgan fingerprint density at radius 1 is 0.480 bits per heavy atom. The van der Waals surface area contributed by atoms with E-state index in [2.05, 4.69) is 31.3 Å². The molecule has 0 saturated heterocycles. The van der Waals surface area contributed by atoms with Crippen LogP contribution in [0.5, 0.6) is 0 Å². The van der Waals surface area contributed by atoms with E-state index in [0.29, 0.717) is 19.3 Å². The molecule has 0 aromatic carbocycles. The summed E-state index contributed by atoms with van der Waals surface area (Å²) >= 11 is 0. The number of aliphatic hydroxyl groups is 4. The van der Waals surface area contributed by atoms with Gasteiger partial charge < -0.3 is 25.7 Å². The van der Waals surface area contributed by atoms with Gasteiger partial charge in [0.05, 0.1) is 18.8 Å². The number of amides is 1. The summed E-state index contributed by atoms with van der Waals surface area (Å²) in [7, 11) is 0. The molecule has 0 rings (SSSR count). The highest BCUT2D eigenvalue weighted by Gasteiger charge is 2.28. The number of carbonyl (C=O) groups excluding carboxylic acids is 1. The summed E-state index contributed by atoms with van der Waals surface area (Å²) in [6, 6.07) is -0.994. The van der Waals surface area contributed by atoms with Gasteiger partial charge in [0.2, 0.25) is 5.91 Å². The number of hydrogen-bond donors (Lipinski definition) is 5. The summed E-state index contributed by atoms with van der Waals surface area (Å²) in [6.45, 7) is 3.92. The Hall–Kier alpha value is -0.950. The Labute approximate surface area is 311 Å². The number of rotatable bonds is 40. The molecule has 0 aromatic heterocycles. The van der Waals surface area contributed by atoms with Crippen LogP contribution in [0.25, 0.3) is 0 Å². The molecular weight excluding hydrogens is 622 g/mol. The largest absolute Gasteiger partial charge is 0.394 e. The molecule has 4 atom stereocenters. The lowest BCUT2D eigenvalue weighted by atomic mass is 10.00. The molecule has 298 valence electrons. The Kier molecular flexibility index (Phi) is 38.5. The molecule has 50 heavy (non-hydrogen) atoms. The van der Waals surface area contributed by atoms with Gasteiger partial charge in [-0.15, -0.1) is 0 Å². The lowest BCUT2D eigenvalue weighted by Gasteiger charge is -2.27. The van der Waals surface area contributed by atoms with Crippen LogP contribution in [0.3, 0.4) is 0 Å². The number of nitrogens with one attached hydrogen (secondary N) is 1. The minimum Gasteiger partial charge on any atom is -0.394 e. The molecule has 0 fully saturated rings. The standard InChI is InChI=1S/C44H87NO5/c1-3-5-7-9-11-12-13-14-15-16-17-18-19-20-21-22-23-24-25-26-27-28-29-30-31-32-34-36-38-42(48)44(50)45-40(39-46)43(49)41(47)37-35-33-10-8-6-4-2/h8,10,40-43,46-49H,3-7,9,11-39H2,1-2H3,(H,45,50)/b10-8+. The third kappa shape index (κ3) is 32.9. The summed E-state index contributed by atoms with van der Waals surface area (Å²) in [5.74, 6) is -0.595.